The summed E-state index contributed by atoms with van der Waals surface area (Å²) in [5.41, 5.74) is 1.64. The highest BCUT2D eigenvalue weighted by Gasteiger charge is 2.33. The van der Waals surface area contributed by atoms with Crippen molar-refractivity contribution in [2.24, 2.45) is 11.8 Å². The summed E-state index contributed by atoms with van der Waals surface area (Å²) < 4.78 is 0. The molecule has 0 aromatic carbocycles. The number of fused-ring (bicyclic) bond motifs is 1. The first-order valence-electron chi connectivity index (χ1n) is 4.20. The lowest BCUT2D eigenvalue weighted by Crippen LogP contribution is -2.19. The summed E-state index contributed by atoms with van der Waals surface area (Å²) in [6.07, 6.45) is 9.93. The number of hydrogen-bond acceptors (Lipinski definition) is 0. The first-order valence-corrected chi connectivity index (χ1v) is 4.20. The lowest BCUT2D eigenvalue weighted by atomic mass is 9.76. The highest BCUT2D eigenvalue weighted by Crippen LogP contribution is 2.46. The first-order chi connectivity index (χ1) is 4.90. The van der Waals surface area contributed by atoms with E-state index in [9.17, 15) is 0 Å². The smallest absolute Gasteiger partial charge is 0.0141 e. The lowest BCUT2D eigenvalue weighted by molar-refractivity contribution is 0.248. The van der Waals surface area contributed by atoms with Gasteiger partial charge in [0.15, 0.2) is 0 Å². The Morgan fingerprint density at radius 3 is 2.90 bits per heavy atom. The summed E-state index contributed by atoms with van der Waals surface area (Å²) in [6, 6.07) is 0. The summed E-state index contributed by atoms with van der Waals surface area (Å²) in [7, 11) is 0. The fraction of sp³-hybridized carbons (Fsp3) is 0.600. The van der Waals surface area contributed by atoms with Gasteiger partial charge in [0.1, 0.15) is 0 Å². The van der Waals surface area contributed by atoms with Crippen LogP contribution >= 0.6 is 0 Å². The van der Waals surface area contributed by atoms with E-state index in [1.807, 2.05) is 6.08 Å². The Balaban J connectivity index is 1.98. The molecule has 0 aliphatic heterocycles. The van der Waals surface area contributed by atoms with Crippen molar-refractivity contribution < 1.29 is 0 Å². The third kappa shape index (κ3) is 0.828. The highest BCUT2D eigenvalue weighted by atomic mass is 14.4. The van der Waals surface area contributed by atoms with Crippen molar-refractivity contribution >= 4 is 0 Å². The molecule has 54 valence electrons. The zero-order valence-corrected chi connectivity index (χ0v) is 6.34. The van der Waals surface area contributed by atoms with Crippen LogP contribution in [0, 0.1) is 11.8 Å². The lowest BCUT2D eigenvalue weighted by Gasteiger charge is -2.29. The Labute approximate surface area is 62.6 Å². The van der Waals surface area contributed by atoms with Crippen LogP contribution in [0.15, 0.2) is 24.3 Å². The molecule has 1 fully saturated rings. The molecule has 0 saturated heterocycles. The summed E-state index contributed by atoms with van der Waals surface area (Å²) in [5.74, 6) is 2.00. The molecule has 0 aromatic rings. The Bertz CT molecular complexity index is 176. The van der Waals surface area contributed by atoms with Crippen LogP contribution in [-0.4, -0.2) is 0 Å². The summed E-state index contributed by atoms with van der Waals surface area (Å²) in [5, 5.41) is 0. The molecule has 0 nitrogen and oxygen atoms in total. The molecule has 0 bridgehead atoms. The van der Waals surface area contributed by atoms with E-state index in [2.05, 4.69) is 12.7 Å². The maximum Gasteiger partial charge on any atom is -0.0141 e. The Kier molecular flexibility index (Phi) is 1.40. The molecule has 0 N–H and O–H groups in total. The van der Waals surface area contributed by atoms with Crippen molar-refractivity contribution in [3.05, 3.63) is 24.3 Å². The topological polar surface area (TPSA) is 0 Å². The monoisotopic (exact) mass is 134 g/mol. The third-order valence-electron chi connectivity index (χ3n) is 2.86. The molecule has 0 amide bonds. The normalized spacial score (nSPS) is 36.2. The fourth-order valence-corrected chi connectivity index (χ4v) is 2.11. The molecular weight excluding hydrogens is 120 g/mol. The van der Waals surface area contributed by atoms with Crippen LogP contribution < -0.4 is 0 Å². The Hall–Kier alpha value is -0.520. The second-order valence-corrected chi connectivity index (χ2v) is 3.52. The minimum Gasteiger partial charge on any atom is -0.103 e. The summed E-state index contributed by atoms with van der Waals surface area (Å²) >= 11 is 0. The molecule has 2 atom stereocenters. The van der Waals surface area contributed by atoms with Crippen LogP contribution in [0.1, 0.15) is 25.7 Å². The van der Waals surface area contributed by atoms with E-state index < -0.39 is 0 Å². The minimum absolute atomic E-state index is 0.968. The van der Waals surface area contributed by atoms with Gasteiger partial charge in [-0.25, -0.2) is 0 Å². The molecule has 10 heavy (non-hydrogen) atoms. The predicted molar refractivity (Wildman–Crippen MR) is 43.7 cm³/mol. The molecule has 2 aliphatic carbocycles. The van der Waals surface area contributed by atoms with Crippen LogP contribution in [0.4, 0.5) is 0 Å². The standard InChI is InChI=1S/C10H14/c1-2-3-8-6-9-4-5-10(9)7-8/h2,6,9-10H,1,3-5,7H2/t9-,10-/m0/s1. The van der Waals surface area contributed by atoms with Gasteiger partial charge >= 0.3 is 0 Å². The molecule has 1 saturated carbocycles. The second-order valence-electron chi connectivity index (χ2n) is 3.52. The van der Waals surface area contributed by atoms with E-state index in [4.69, 9.17) is 0 Å². The van der Waals surface area contributed by atoms with Crippen molar-refractivity contribution in [3.63, 3.8) is 0 Å². The van der Waals surface area contributed by atoms with E-state index in [1.54, 1.807) is 5.57 Å². The zero-order chi connectivity index (χ0) is 6.97. The Morgan fingerprint density at radius 2 is 2.50 bits per heavy atom. The van der Waals surface area contributed by atoms with Crippen molar-refractivity contribution in [2.75, 3.05) is 0 Å². The number of rotatable bonds is 2. The maximum atomic E-state index is 3.75. The van der Waals surface area contributed by atoms with Crippen LogP contribution in [-0.2, 0) is 0 Å². The highest BCUT2D eigenvalue weighted by molar-refractivity contribution is 5.19. The minimum atomic E-state index is 0.968. The van der Waals surface area contributed by atoms with Crippen LogP contribution in [0.2, 0.25) is 0 Å². The predicted octanol–water partition coefficient (Wildman–Crippen LogP) is 2.92. The molecule has 0 heteroatoms. The van der Waals surface area contributed by atoms with Gasteiger partial charge in [-0.2, -0.15) is 0 Å². The SMILES string of the molecule is C=CCC1=C[C@@H]2CC[C@H]2C1. The van der Waals surface area contributed by atoms with Gasteiger partial charge in [0.25, 0.3) is 0 Å². The third-order valence-corrected chi connectivity index (χ3v) is 2.86. The molecule has 0 aromatic heterocycles. The number of hydrogen-bond donors (Lipinski definition) is 0. The van der Waals surface area contributed by atoms with Crippen molar-refractivity contribution in [3.8, 4) is 0 Å². The van der Waals surface area contributed by atoms with Crippen molar-refractivity contribution in [2.45, 2.75) is 25.7 Å². The summed E-state index contributed by atoms with van der Waals surface area (Å²) in [4.78, 5) is 0. The average molecular weight is 134 g/mol. The van der Waals surface area contributed by atoms with E-state index in [0.29, 0.717) is 0 Å². The van der Waals surface area contributed by atoms with Gasteiger partial charge in [0, 0.05) is 0 Å². The van der Waals surface area contributed by atoms with Gasteiger partial charge in [-0.15, -0.1) is 6.58 Å². The van der Waals surface area contributed by atoms with Crippen LogP contribution in [0.3, 0.4) is 0 Å². The van der Waals surface area contributed by atoms with Crippen molar-refractivity contribution in [1.82, 2.24) is 0 Å². The average Bonchev–Trinajstić information content (AvgIpc) is 2.14. The first kappa shape index (κ1) is 6.21. The van der Waals surface area contributed by atoms with Gasteiger partial charge < -0.3 is 0 Å². The quantitative estimate of drug-likeness (QED) is 0.509. The fourth-order valence-electron chi connectivity index (χ4n) is 2.11. The second kappa shape index (κ2) is 2.26. The zero-order valence-electron chi connectivity index (χ0n) is 6.34. The molecule has 0 radical (unpaired) electrons. The largest absolute Gasteiger partial charge is 0.103 e. The molecule has 0 heterocycles. The van der Waals surface area contributed by atoms with Gasteiger partial charge in [-0.1, -0.05) is 17.7 Å². The van der Waals surface area contributed by atoms with Crippen LogP contribution in [0.25, 0.3) is 0 Å². The molecular formula is C10H14. The molecule has 2 aliphatic rings. The van der Waals surface area contributed by atoms with Gasteiger partial charge in [0.2, 0.25) is 0 Å². The summed E-state index contributed by atoms with van der Waals surface area (Å²) in [6.45, 7) is 3.75. The molecule has 0 spiro atoms. The van der Waals surface area contributed by atoms with E-state index >= 15 is 0 Å². The van der Waals surface area contributed by atoms with E-state index in [-0.39, 0.29) is 0 Å². The van der Waals surface area contributed by atoms with Crippen LogP contribution in [0.5, 0.6) is 0 Å². The van der Waals surface area contributed by atoms with E-state index in [0.717, 1.165) is 18.3 Å². The Morgan fingerprint density at radius 1 is 1.60 bits per heavy atom. The van der Waals surface area contributed by atoms with Crippen molar-refractivity contribution in [1.29, 1.82) is 0 Å². The molecule has 0 unspecified atom stereocenters. The molecule has 2 rings (SSSR count). The maximum absolute atomic E-state index is 3.75. The number of allylic oxidation sites excluding steroid dienone is 3. The van der Waals surface area contributed by atoms with Gasteiger partial charge in [0.05, 0.1) is 0 Å². The van der Waals surface area contributed by atoms with Gasteiger partial charge in [-0.3, -0.25) is 0 Å². The van der Waals surface area contributed by atoms with E-state index in [1.165, 1.54) is 19.3 Å². The van der Waals surface area contributed by atoms with Gasteiger partial charge in [-0.05, 0) is 37.5 Å².